The second-order valence-corrected chi connectivity index (χ2v) is 5.08. The molecule has 2 aromatic carbocycles. The molecule has 0 bridgehead atoms. The van der Waals surface area contributed by atoms with E-state index in [4.69, 9.17) is 21.6 Å². The highest BCUT2D eigenvalue weighted by Gasteiger charge is 2.10. The molecule has 0 heterocycles. The molecule has 4 heteroatoms. The Bertz CT molecular complexity index is 664. The fourth-order valence-electron chi connectivity index (χ4n) is 2.11. The van der Waals surface area contributed by atoms with Gasteiger partial charge in [0.2, 0.25) is 0 Å². The molecule has 0 saturated heterocycles. The molecular weight excluding hydrogens is 284 g/mol. The molecule has 0 spiro atoms. The average molecular weight is 301 g/mol. The molecular formula is C17H17ClN2O. The van der Waals surface area contributed by atoms with E-state index in [1.807, 2.05) is 18.2 Å². The van der Waals surface area contributed by atoms with Gasteiger partial charge in [0.15, 0.2) is 0 Å². The van der Waals surface area contributed by atoms with Gasteiger partial charge in [0.1, 0.15) is 17.6 Å². The fraction of sp³-hybridized carbons (Fsp3) is 0.235. The summed E-state index contributed by atoms with van der Waals surface area (Å²) in [7, 11) is 0. The molecule has 0 aromatic heterocycles. The third-order valence-corrected chi connectivity index (χ3v) is 3.51. The molecule has 0 radical (unpaired) electrons. The molecule has 0 aliphatic rings. The van der Waals surface area contributed by atoms with Gasteiger partial charge in [-0.3, -0.25) is 0 Å². The zero-order valence-corrected chi connectivity index (χ0v) is 12.8. The van der Waals surface area contributed by atoms with E-state index in [1.54, 1.807) is 24.3 Å². The van der Waals surface area contributed by atoms with Crippen LogP contribution < -0.4 is 10.1 Å². The molecule has 21 heavy (non-hydrogen) atoms. The topological polar surface area (TPSA) is 45.0 Å². The highest BCUT2D eigenvalue weighted by Crippen LogP contribution is 2.31. The first-order valence-corrected chi connectivity index (χ1v) is 7.23. The summed E-state index contributed by atoms with van der Waals surface area (Å²) in [6.45, 7) is 5.00. The van der Waals surface area contributed by atoms with Crippen LogP contribution in [0.1, 0.15) is 31.0 Å². The predicted molar refractivity (Wildman–Crippen MR) is 84.8 cm³/mol. The summed E-state index contributed by atoms with van der Waals surface area (Å²) >= 11 is 6.31. The molecule has 2 rings (SSSR count). The Kier molecular flexibility index (Phi) is 5.21. The summed E-state index contributed by atoms with van der Waals surface area (Å²) < 4.78 is 5.75. The molecule has 1 atom stereocenters. The van der Waals surface area contributed by atoms with Gasteiger partial charge in [-0.05, 0) is 43.3 Å². The van der Waals surface area contributed by atoms with Gasteiger partial charge in [-0.25, -0.2) is 0 Å². The Balaban J connectivity index is 2.23. The molecule has 0 fully saturated rings. The van der Waals surface area contributed by atoms with Crippen molar-refractivity contribution in [3.63, 3.8) is 0 Å². The number of halogens is 1. The number of nitrogens with one attached hydrogen (secondary N) is 1. The van der Waals surface area contributed by atoms with Crippen LogP contribution >= 0.6 is 11.6 Å². The Labute approximate surface area is 130 Å². The lowest BCUT2D eigenvalue weighted by Gasteiger charge is -2.15. The van der Waals surface area contributed by atoms with Crippen molar-refractivity contribution in [2.75, 3.05) is 6.54 Å². The van der Waals surface area contributed by atoms with Crippen molar-refractivity contribution < 1.29 is 4.74 Å². The van der Waals surface area contributed by atoms with E-state index in [0.717, 1.165) is 12.1 Å². The fourth-order valence-corrected chi connectivity index (χ4v) is 2.45. The molecule has 3 nitrogen and oxygen atoms in total. The van der Waals surface area contributed by atoms with E-state index in [0.29, 0.717) is 22.1 Å². The summed E-state index contributed by atoms with van der Waals surface area (Å²) in [6, 6.07) is 15.0. The molecule has 2 aromatic rings. The predicted octanol–water partition coefficient (Wildman–Crippen LogP) is 4.67. The minimum absolute atomic E-state index is 0.183. The van der Waals surface area contributed by atoms with E-state index in [2.05, 4.69) is 25.2 Å². The monoisotopic (exact) mass is 300 g/mol. The lowest BCUT2D eigenvalue weighted by molar-refractivity contribution is 0.480. The maximum absolute atomic E-state index is 9.06. The first kappa shape index (κ1) is 15.4. The molecule has 0 aliphatic carbocycles. The van der Waals surface area contributed by atoms with Crippen LogP contribution in [0.4, 0.5) is 0 Å². The first-order chi connectivity index (χ1) is 10.2. The standard InChI is InChI=1S/C17H17ClN2O/c1-3-20-12(2)15-9-8-14(10-16(15)18)21-17-7-5-4-6-13(17)11-19/h4-10,12,20H,3H2,1-2H3. The van der Waals surface area contributed by atoms with Crippen LogP contribution in [-0.4, -0.2) is 6.54 Å². The number of para-hydroxylation sites is 1. The van der Waals surface area contributed by atoms with Gasteiger partial charge in [0.25, 0.3) is 0 Å². The Morgan fingerprint density at radius 1 is 1.29 bits per heavy atom. The van der Waals surface area contributed by atoms with Crippen molar-refractivity contribution in [1.29, 1.82) is 5.26 Å². The van der Waals surface area contributed by atoms with Gasteiger partial charge in [-0.2, -0.15) is 5.26 Å². The second-order valence-electron chi connectivity index (χ2n) is 4.67. The number of nitrogens with zero attached hydrogens (tertiary/aromatic N) is 1. The largest absolute Gasteiger partial charge is 0.456 e. The number of benzene rings is 2. The highest BCUT2D eigenvalue weighted by atomic mass is 35.5. The van der Waals surface area contributed by atoms with Crippen molar-refractivity contribution in [1.82, 2.24) is 5.32 Å². The van der Waals surface area contributed by atoms with Crippen molar-refractivity contribution in [3.8, 4) is 17.6 Å². The Morgan fingerprint density at radius 3 is 2.71 bits per heavy atom. The summed E-state index contributed by atoms with van der Waals surface area (Å²) in [5.74, 6) is 1.15. The zero-order chi connectivity index (χ0) is 15.2. The normalized spacial score (nSPS) is 11.7. The summed E-state index contributed by atoms with van der Waals surface area (Å²) in [5.41, 5.74) is 1.53. The van der Waals surface area contributed by atoms with Crippen LogP contribution in [0.2, 0.25) is 5.02 Å². The molecule has 0 saturated carbocycles. The van der Waals surface area contributed by atoms with Gasteiger partial charge < -0.3 is 10.1 Å². The molecule has 108 valence electrons. The van der Waals surface area contributed by atoms with Crippen molar-refractivity contribution in [3.05, 3.63) is 58.6 Å². The van der Waals surface area contributed by atoms with Gasteiger partial charge in [0.05, 0.1) is 5.56 Å². The third kappa shape index (κ3) is 3.75. The molecule has 0 amide bonds. The molecule has 1 N–H and O–H groups in total. The zero-order valence-electron chi connectivity index (χ0n) is 12.1. The number of hydrogen-bond acceptors (Lipinski definition) is 3. The maximum atomic E-state index is 9.06. The van der Waals surface area contributed by atoms with Crippen molar-refractivity contribution in [2.24, 2.45) is 0 Å². The number of ether oxygens (including phenoxy) is 1. The average Bonchev–Trinajstić information content (AvgIpc) is 2.48. The van der Waals surface area contributed by atoms with Gasteiger partial charge in [-0.15, -0.1) is 0 Å². The van der Waals surface area contributed by atoms with Crippen LogP contribution in [0, 0.1) is 11.3 Å². The highest BCUT2D eigenvalue weighted by molar-refractivity contribution is 6.31. The van der Waals surface area contributed by atoms with Gasteiger partial charge >= 0.3 is 0 Å². The minimum atomic E-state index is 0.183. The lowest BCUT2D eigenvalue weighted by Crippen LogP contribution is -2.17. The van der Waals surface area contributed by atoms with Gasteiger partial charge in [0, 0.05) is 11.1 Å². The number of hydrogen-bond donors (Lipinski definition) is 1. The third-order valence-electron chi connectivity index (χ3n) is 3.18. The minimum Gasteiger partial charge on any atom is -0.456 e. The van der Waals surface area contributed by atoms with E-state index in [9.17, 15) is 0 Å². The molecule has 0 aliphatic heterocycles. The second kappa shape index (κ2) is 7.12. The van der Waals surface area contributed by atoms with Crippen molar-refractivity contribution >= 4 is 11.6 Å². The van der Waals surface area contributed by atoms with Crippen LogP contribution in [0.25, 0.3) is 0 Å². The van der Waals surface area contributed by atoms with Crippen LogP contribution in [0.15, 0.2) is 42.5 Å². The quantitative estimate of drug-likeness (QED) is 0.872. The van der Waals surface area contributed by atoms with E-state index in [-0.39, 0.29) is 6.04 Å². The summed E-state index contributed by atoms with van der Waals surface area (Å²) in [4.78, 5) is 0. The lowest BCUT2D eigenvalue weighted by atomic mass is 10.1. The first-order valence-electron chi connectivity index (χ1n) is 6.85. The molecule has 1 unspecified atom stereocenters. The van der Waals surface area contributed by atoms with Crippen LogP contribution in [0.5, 0.6) is 11.5 Å². The number of nitriles is 1. The summed E-state index contributed by atoms with van der Waals surface area (Å²) in [5, 5.41) is 13.0. The van der Waals surface area contributed by atoms with E-state index in [1.165, 1.54) is 0 Å². The van der Waals surface area contributed by atoms with E-state index < -0.39 is 0 Å². The van der Waals surface area contributed by atoms with E-state index >= 15 is 0 Å². The number of rotatable bonds is 5. The summed E-state index contributed by atoms with van der Waals surface area (Å²) in [6.07, 6.45) is 0. The smallest absolute Gasteiger partial charge is 0.145 e. The van der Waals surface area contributed by atoms with Crippen molar-refractivity contribution in [2.45, 2.75) is 19.9 Å². The maximum Gasteiger partial charge on any atom is 0.145 e. The van der Waals surface area contributed by atoms with Gasteiger partial charge in [-0.1, -0.05) is 36.7 Å². The van der Waals surface area contributed by atoms with Crippen LogP contribution in [-0.2, 0) is 0 Å². The van der Waals surface area contributed by atoms with Crippen LogP contribution in [0.3, 0.4) is 0 Å². The SMILES string of the molecule is CCNC(C)c1ccc(Oc2ccccc2C#N)cc1Cl. The Hall–Kier alpha value is -2.02. The Morgan fingerprint density at radius 2 is 2.05 bits per heavy atom.